The van der Waals surface area contributed by atoms with E-state index >= 15 is 0 Å². The number of rotatable bonds is 4. The molecule has 6 nitrogen and oxygen atoms in total. The monoisotopic (exact) mass is 365 g/mol. The Bertz CT molecular complexity index is 834. The second-order valence-electron chi connectivity index (χ2n) is 6.29. The number of pyridine rings is 1. The van der Waals surface area contributed by atoms with Crippen molar-refractivity contribution in [2.24, 2.45) is 0 Å². The van der Waals surface area contributed by atoms with E-state index in [1.807, 2.05) is 6.92 Å². The second kappa shape index (κ2) is 11.4. The molecule has 0 aliphatic carbocycles. The molecule has 0 radical (unpaired) electrons. The number of carbonyl (C=O) groups is 1. The summed E-state index contributed by atoms with van der Waals surface area (Å²) < 4.78 is 28.2. The van der Waals surface area contributed by atoms with Gasteiger partial charge in [0.25, 0.3) is 0 Å². The van der Waals surface area contributed by atoms with Gasteiger partial charge in [-0.25, -0.2) is 14.1 Å². The van der Waals surface area contributed by atoms with E-state index in [1.165, 1.54) is 24.4 Å². The maximum Gasteiger partial charge on any atom is 1.00 e. The van der Waals surface area contributed by atoms with Gasteiger partial charge in [-0.05, 0) is 36.9 Å². The van der Waals surface area contributed by atoms with Crippen LogP contribution in [0.2, 0.25) is 0 Å². The first-order valence-corrected chi connectivity index (χ1v) is 8.70. The fourth-order valence-electron chi connectivity index (χ4n) is 1.77. The predicted octanol–water partition coefficient (Wildman–Crippen LogP) is -5.09. The molecule has 128 valence electrons. The van der Waals surface area contributed by atoms with Gasteiger partial charge in [0.15, 0.2) is 0 Å². The Labute approximate surface area is 197 Å². The fourth-order valence-corrected chi connectivity index (χ4v) is 2.74. The topological polar surface area (TPSA) is 92.3 Å². The van der Waals surface area contributed by atoms with Crippen LogP contribution in [0.4, 0.5) is 5.69 Å². The molecule has 2 rings (SSSR count). The molecule has 0 spiro atoms. The third-order valence-corrected chi connectivity index (χ3v) is 4.19. The summed E-state index contributed by atoms with van der Waals surface area (Å²) in [4.78, 5) is 15.9. The van der Waals surface area contributed by atoms with Gasteiger partial charge < -0.3 is 14.8 Å². The van der Waals surface area contributed by atoms with Crippen molar-refractivity contribution in [1.29, 1.82) is 0 Å². The van der Waals surface area contributed by atoms with Crippen LogP contribution in [0.1, 0.15) is 36.8 Å². The molecule has 1 amide bonds. The zero-order valence-electron chi connectivity index (χ0n) is 16.9. The molecule has 0 atom stereocenters. The molecule has 0 bridgehead atoms. The molecular formula is C17H18Li3N3O3S. The van der Waals surface area contributed by atoms with Crippen molar-refractivity contribution >= 4 is 21.6 Å². The molecule has 0 aliphatic heterocycles. The van der Waals surface area contributed by atoms with Crippen molar-refractivity contribution in [3.8, 4) is 0 Å². The average Bonchev–Trinajstić information content (AvgIpc) is 2.46. The molecule has 0 aliphatic rings. The van der Waals surface area contributed by atoms with E-state index in [-0.39, 0.29) is 72.9 Å². The molecule has 0 unspecified atom stereocenters. The van der Waals surface area contributed by atoms with Crippen LogP contribution in [0.3, 0.4) is 0 Å². The minimum atomic E-state index is -3.84. The van der Waals surface area contributed by atoms with Crippen LogP contribution in [-0.2, 0) is 10.0 Å². The summed E-state index contributed by atoms with van der Waals surface area (Å²) in [5, 5.41) is 3.96. The molecule has 27 heavy (non-hydrogen) atoms. The minimum absolute atomic E-state index is 0. The number of carbonyl (C=O) groups excluding carboxylic acids is 1. The maximum atomic E-state index is 12.2. The number of sulfonamides is 1. The zero-order chi connectivity index (χ0) is 18.0. The van der Waals surface area contributed by atoms with Crippen molar-refractivity contribution < 1.29 is 69.8 Å². The number of hydrogen-bond acceptors (Lipinski definition) is 4. The van der Waals surface area contributed by atoms with Crippen molar-refractivity contribution in [2.45, 2.75) is 38.1 Å². The quantitative estimate of drug-likeness (QED) is 0.400. The second-order valence-corrected chi connectivity index (χ2v) is 7.89. The molecule has 2 aromatic rings. The van der Waals surface area contributed by atoms with Gasteiger partial charge in [-0.1, -0.05) is 38.5 Å². The van der Waals surface area contributed by atoms with E-state index in [2.05, 4.69) is 21.1 Å². The van der Waals surface area contributed by atoms with E-state index in [0.717, 1.165) is 5.56 Å². The smallest absolute Gasteiger partial charge is 0.702 e. The predicted molar refractivity (Wildman–Crippen MR) is 91.9 cm³/mol. The Morgan fingerprint density at radius 2 is 1.63 bits per heavy atom. The van der Waals surface area contributed by atoms with Gasteiger partial charge >= 0.3 is 56.6 Å². The van der Waals surface area contributed by atoms with Gasteiger partial charge in [0.1, 0.15) is 10.0 Å². The molecule has 0 N–H and O–H groups in total. The number of hydrogen-bond donors (Lipinski definition) is 0. The Morgan fingerprint density at radius 1 is 1.07 bits per heavy atom. The summed E-state index contributed by atoms with van der Waals surface area (Å²) in [6, 6.07) is 10.3. The molecule has 1 heterocycles. The Kier molecular flexibility index (Phi) is 12.1. The van der Waals surface area contributed by atoms with Crippen LogP contribution in [0.5, 0.6) is 0 Å². The number of aryl methyl sites for hydroxylation is 1. The van der Waals surface area contributed by atoms with E-state index in [4.69, 9.17) is 0 Å². The standard InChI is InChI=1S/C17H19N3O3S.3Li/c1-12-5-8-14(9-6-12)24(22,23)20-13-7-10-15(18-11-13)16(21)19-17(2,3)4;;;/h5-9,11H,1-4H3,(H-,19,20,21);;;/q-2;3*+1/p-1. The Balaban J connectivity index is 0. The van der Waals surface area contributed by atoms with Gasteiger partial charge in [-0.2, -0.15) is 12.1 Å². The molecule has 1 aromatic heterocycles. The third kappa shape index (κ3) is 8.95. The molecule has 0 saturated carbocycles. The van der Waals surface area contributed by atoms with Gasteiger partial charge in [-0.3, -0.25) is 4.98 Å². The zero-order valence-corrected chi connectivity index (χ0v) is 17.8. The summed E-state index contributed by atoms with van der Waals surface area (Å²) in [5.74, 6) is -0.504. The van der Waals surface area contributed by atoms with E-state index < -0.39 is 21.5 Å². The third-order valence-electron chi connectivity index (χ3n) is 2.87. The van der Waals surface area contributed by atoms with Crippen LogP contribution < -0.4 is 56.6 Å². The summed E-state index contributed by atoms with van der Waals surface area (Å²) in [6.45, 7) is 7.25. The minimum Gasteiger partial charge on any atom is -0.702 e. The summed E-state index contributed by atoms with van der Waals surface area (Å²) >= 11 is 0. The van der Waals surface area contributed by atoms with Crippen molar-refractivity contribution in [1.82, 2.24) is 4.98 Å². The molecule has 1 aromatic carbocycles. The SMILES string of the molecule is Cc1ccc(S(=O)(=O)[N-]c2c[c-]c(C(=O)[N-]C(C)(C)C)nc2)cc1.[Li+].[Li+].[Li+]. The number of nitrogens with zero attached hydrogens (tertiary/aromatic N) is 3. The molecule has 10 heteroatoms. The van der Waals surface area contributed by atoms with Gasteiger partial charge in [0.05, 0.1) is 4.90 Å². The first kappa shape index (κ1) is 28.6. The van der Waals surface area contributed by atoms with E-state index in [9.17, 15) is 13.2 Å². The summed E-state index contributed by atoms with van der Waals surface area (Å²) in [5.41, 5.74) is 0.554. The van der Waals surface area contributed by atoms with E-state index in [0.29, 0.717) is 0 Å². The van der Waals surface area contributed by atoms with Crippen molar-refractivity contribution in [2.75, 3.05) is 0 Å². The Hall–Kier alpha value is -0.618. The number of aromatic nitrogens is 1. The molecule has 0 saturated heterocycles. The Morgan fingerprint density at radius 3 is 2.07 bits per heavy atom. The first-order chi connectivity index (χ1) is 11.1. The average molecular weight is 365 g/mol. The van der Waals surface area contributed by atoms with Crippen LogP contribution >= 0.6 is 0 Å². The van der Waals surface area contributed by atoms with Crippen LogP contribution in [0, 0.1) is 13.0 Å². The van der Waals surface area contributed by atoms with Gasteiger partial charge in [0, 0.05) is 0 Å². The van der Waals surface area contributed by atoms with Crippen LogP contribution in [0.25, 0.3) is 10.0 Å². The maximum absolute atomic E-state index is 12.2. The fraction of sp³-hybridized carbons (Fsp3) is 0.294. The summed E-state index contributed by atoms with van der Waals surface area (Å²) in [6.07, 6.45) is 1.22. The van der Waals surface area contributed by atoms with Crippen molar-refractivity contribution in [3.63, 3.8) is 0 Å². The number of benzene rings is 1. The molecular weight excluding hydrogens is 347 g/mol. The number of amides is 1. The van der Waals surface area contributed by atoms with E-state index in [1.54, 1.807) is 32.9 Å². The largest absolute Gasteiger partial charge is 1.00 e. The van der Waals surface area contributed by atoms with Gasteiger partial charge in [0.2, 0.25) is 0 Å². The van der Waals surface area contributed by atoms with Gasteiger partial charge in [-0.15, -0.1) is 5.54 Å². The molecule has 0 fully saturated rings. The van der Waals surface area contributed by atoms with Crippen molar-refractivity contribution in [3.05, 3.63) is 63.9 Å². The normalized spacial score (nSPS) is 10.5. The van der Waals surface area contributed by atoms with Crippen LogP contribution in [0.15, 0.2) is 41.4 Å². The van der Waals surface area contributed by atoms with Crippen LogP contribution in [-0.4, -0.2) is 24.8 Å². The summed E-state index contributed by atoms with van der Waals surface area (Å²) in [7, 11) is -3.84. The first-order valence-electron chi connectivity index (χ1n) is 7.26.